The molecule has 0 bridgehead atoms. The average molecular weight is 409 g/mol. The minimum Gasteiger partial charge on any atom is -0.320 e. The number of hydrogen-bond donors (Lipinski definition) is 1. The van der Waals surface area contributed by atoms with E-state index in [0.717, 1.165) is 28.8 Å². The van der Waals surface area contributed by atoms with Crippen LogP contribution in [0.4, 0.5) is 20.2 Å². The lowest BCUT2D eigenvalue weighted by Crippen LogP contribution is -2.37. The number of sulfonamides is 1. The van der Waals surface area contributed by atoms with Gasteiger partial charge in [0.05, 0.1) is 22.0 Å². The van der Waals surface area contributed by atoms with Gasteiger partial charge in [0.1, 0.15) is 23.9 Å². The number of nitrogens with one attached hydrogen (secondary N) is 1. The van der Waals surface area contributed by atoms with Gasteiger partial charge < -0.3 is 5.32 Å². The molecule has 0 saturated heterocycles. The van der Waals surface area contributed by atoms with Crippen LogP contribution in [0.25, 0.3) is 0 Å². The summed E-state index contributed by atoms with van der Waals surface area (Å²) in [7, 11) is -3.87. The van der Waals surface area contributed by atoms with Crippen LogP contribution in [0.3, 0.4) is 0 Å². The molecule has 0 aliphatic heterocycles. The molecule has 25 heavy (non-hydrogen) atoms. The third kappa shape index (κ3) is 4.81. The summed E-state index contributed by atoms with van der Waals surface area (Å²) < 4.78 is 51.9. The number of para-hydroxylation sites is 1. The van der Waals surface area contributed by atoms with Crippen molar-refractivity contribution in [2.75, 3.05) is 22.4 Å². The molecule has 0 heterocycles. The third-order valence-corrected chi connectivity index (χ3v) is 4.99. The second-order valence-corrected chi connectivity index (χ2v) is 7.73. The average Bonchev–Trinajstić information content (AvgIpc) is 2.50. The largest absolute Gasteiger partial charge is 0.320 e. The number of benzene rings is 2. The van der Waals surface area contributed by atoms with Gasteiger partial charge in [-0.3, -0.25) is 9.10 Å². The number of anilines is 2. The smallest absolute Gasteiger partial charge is 0.245 e. The second-order valence-electron chi connectivity index (χ2n) is 5.01. The molecule has 134 valence electrons. The Morgan fingerprint density at radius 2 is 1.72 bits per heavy atom. The van der Waals surface area contributed by atoms with E-state index < -0.39 is 39.8 Å². The molecule has 1 amide bonds. The van der Waals surface area contributed by atoms with E-state index in [0.29, 0.717) is 0 Å². The molecule has 0 fully saturated rings. The number of hydrogen-bond acceptors (Lipinski definition) is 3. The molecule has 0 aromatic heterocycles. The maximum Gasteiger partial charge on any atom is 0.245 e. The lowest BCUT2D eigenvalue weighted by molar-refractivity contribution is -0.114. The van der Waals surface area contributed by atoms with Gasteiger partial charge in [-0.1, -0.05) is 29.3 Å². The molecule has 10 heteroatoms. The van der Waals surface area contributed by atoms with E-state index in [-0.39, 0.29) is 15.7 Å². The van der Waals surface area contributed by atoms with E-state index >= 15 is 0 Å². The molecule has 2 aromatic carbocycles. The van der Waals surface area contributed by atoms with Crippen LogP contribution in [-0.4, -0.2) is 27.1 Å². The maximum atomic E-state index is 13.6. The van der Waals surface area contributed by atoms with Crippen molar-refractivity contribution in [3.63, 3.8) is 0 Å². The molecule has 0 aliphatic rings. The molecule has 0 unspecified atom stereocenters. The van der Waals surface area contributed by atoms with Crippen molar-refractivity contribution in [1.82, 2.24) is 0 Å². The summed E-state index contributed by atoms with van der Waals surface area (Å²) in [6.45, 7) is -0.704. The van der Waals surface area contributed by atoms with Gasteiger partial charge in [-0.2, -0.15) is 0 Å². The molecule has 0 atom stereocenters. The molecule has 5 nitrogen and oxygen atoms in total. The molecule has 0 spiro atoms. The second kappa shape index (κ2) is 7.55. The quantitative estimate of drug-likeness (QED) is 0.820. The summed E-state index contributed by atoms with van der Waals surface area (Å²) in [6, 6.07) is 7.05. The van der Waals surface area contributed by atoms with Crippen LogP contribution in [0.1, 0.15) is 0 Å². The minimum atomic E-state index is -3.87. The Morgan fingerprint density at radius 3 is 2.24 bits per heavy atom. The Morgan fingerprint density at radius 1 is 1.12 bits per heavy atom. The van der Waals surface area contributed by atoms with Gasteiger partial charge in [-0.05, 0) is 30.3 Å². The van der Waals surface area contributed by atoms with Crippen molar-refractivity contribution in [1.29, 1.82) is 0 Å². The first-order valence-corrected chi connectivity index (χ1v) is 9.36. The zero-order chi connectivity index (χ0) is 18.8. The summed E-state index contributed by atoms with van der Waals surface area (Å²) in [4.78, 5) is 12.1. The first-order valence-electron chi connectivity index (χ1n) is 6.76. The standard InChI is InChI=1S/C15H12Cl2F2N2O3S/c1-25(23,24)21(9-5-6-10(16)11(17)7-9)8-14(22)20-15-12(18)3-2-4-13(15)19/h2-7H,8H2,1H3,(H,20,22). The number of amides is 1. The van der Waals surface area contributed by atoms with Gasteiger partial charge >= 0.3 is 0 Å². The Balaban J connectivity index is 2.29. The van der Waals surface area contributed by atoms with E-state index in [1.54, 1.807) is 0 Å². The Kier molecular flexibility index (Phi) is 5.87. The zero-order valence-corrected chi connectivity index (χ0v) is 15.1. The zero-order valence-electron chi connectivity index (χ0n) is 12.8. The van der Waals surface area contributed by atoms with Crippen LogP contribution in [-0.2, 0) is 14.8 Å². The van der Waals surface area contributed by atoms with E-state index in [1.165, 1.54) is 18.2 Å². The molecule has 0 saturated carbocycles. The van der Waals surface area contributed by atoms with Crippen molar-refractivity contribution in [2.45, 2.75) is 0 Å². The first kappa shape index (κ1) is 19.4. The highest BCUT2D eigenvalue weighted by molar-refractivity contribution is 7.92. The fourth-order valence-electron chi connectivity index (χ4n) is 1.97. The van der Waals surface area contributed by atoms with Crippen molar-refractivity contribution in [3.05, 3.63) is 58.1 Å². The van der Waals surface area contributed by atoms with Crippen LogP contribution >= 0.6 is 23.2 Å². The summed E-state index contributed by atoms with van der Waals surface area (Å²) in [5, 5.41) is 2.32. The summed E-state index contributed by atoms with van der Waals surface area (Å²) in [5.41, 5.74) is -0.573. The van der Waals surface area contributed by atoms with Gasteiger partial charge in [0, 0.05) is 0 Å². The molecule has 0 radical (unpaired) electrons. The van der Waals surface area contributed by atoms with Crippen molar-refractivity contribution in [2.24, 2.45) is 0 Å². The van der Waals surface area contributed by atoms with E-state index in [4.69, 9.17) is 23.2 Å². The van der Waals surface area contributed by atoms with Gasteiger partial charge in [0.25, 0.3) is 0 Å². The predicted octanol–water partition coefficient (Wildman–Crippen LogP) is 3.68. The van der Waals surface area contributed by atoms with Gasteiger partial charge in [0.2, 0.25) is 15.9 Å². The van der Waals surface area contributed by atoms with Crippen LogP contribution < -0.4 is 9.62 Å². The highest BCUT2D eigenvalue weighted by atomic mass is 35.5. The van der Waals surface area contributed by atoms with Crippen molar-refractivity contribution < 1.29 is 22.0 Å². The lowest BCUT2D eigenvalue weighted by atomic mass is 10.3. The summed E-state index contributed by atoms with van der Waals surface area (Å²) >= 11 is 11.6. The Labute approximate surface area is 153 Å². The number of carbonyl (C=O) groups excluding carboxylic acids is 1. The number of halogens is 4. The molecular formula is C15H12Cl2F2N2O3S. The first-order chi connectivity index (χ1) is 11.6. The number of carbonyl (C=O) groups is 1. The molecule has 0 aliphatic carbocycles. The van der Waals surface area contributed by atoms with Crippen LogP contribution in [0.2, 0.25) is 10.0 Å². The van der Waals surface area contributed by atoms with Gasteiger partial charge in [0.15, 0.2) is 0 Å². The fraction of sp³-hybridized carbons (Fsp3) is 0.133. The van der Waals surface area contributed by atoms with Crippen LogP contribution in [0, 0.1) is 11.6 Å². The fourth-order valence-corrected chi connectivity index (χ4v) is 3.11. The Hall–Kier alpha value is -1.90. The van der Waals surface area contributed by atoms with E-state index in [2.05, 4.69) is 0 Å². The maximum absolute atomic E-state index is 13.6. The monoisotopic (exact) mass is 408 g/mol. The van der Waals surface area contributed by atoms with E-state index in [9.17, 15) is 22.0 Å². The van der Waals surface area contributed by atoms with Crippen LogP contribution in [0.15, 0.2) is 36.4 Å². The van der Waals surface area contributed by atoms with Gasteiger partial charge in [-0.25, -0.2) is 17.2 Å². The van der Waals surface area contributed by atoms with Crippen molar-refractivity contribution in [3.8, 4) is 0 Å². The normalized spacial score (nSPS) is 11.2. The molecule has 2 aromatic rings. The predicted molar refractivity (Wildman–Crippen MR) is 93.6 cm³/mol. The summed E-state index contributed by atoms with van der Waals surface area (Å²) in [5.74, 6) is -2.89. The molecule has 2 rings (SSSR count). The molecule has 1 N–H and O–H groups in total. The number of nitrogens with zero attached hydrogens (tertiary/aromatic N) is 1. The van der Waals surface area contributed by atoms with Crippen LogP contribution in [0.5, 0.6) is 0 Å². The van der Waals surface area contributed by atoms with Gasteiger partial charge in [-0.15, -0.1) is 0 Å². The number of rotatable bonds is 5. The van der Waals surface area contributed by atoms with Crippen molar-refractivity contribution >= 4 is 50.5 Å². The topological polar surface area (TPSA) is 66.5 Å². The minimum absolute atomic E-state index is 0.0843. The third-order valence-electron chi connectivity index (χ3n) is 3.11. The lowest BCUT2D eigenvalue weighted by Gasteiger charge is -2.22. The van der Waals surface area contributed by atoms with E-state index in [1.807, 2.05) is 5.32 Å². The Bertz CT molecular complexity index is 903. The summed E-state index contributed by atoms with van der Waals surface area (Å²) in [6.07, 6.45) is 0.881. The molecular weight excluding hydrogens is 397 g/mol. The SMILES string of the molecule is CS(=O)(=O)N(CC(=O)Nc1c(F)cccc1F)c1ccc(Cl)c(Cl)c1. The highest BCUT2D eigenvalue weighted by Crippen LogP contribution is 2.28. The highest BCUT2D eigenvalue weighted by Gasteiger charge is 2.23.